The van der Waals surface area contributed by atoms with Crippen LogP contribution in [0.15, 0.2) is 36.7 Å². The average molecular weight is 242 g/mol. The number of methoxy groups -OCH3 is 1. The summed E-state index contributed by atoms with van der Waals surface area (Å²) in [6.45, 7) is 4.23. The van der Waals surface area contributed by atoms with Crippen molar-refractivity contribution in [3.8, 4) is 5.75 Å². The molecule has 1 heterocycles. The van der Waals surface area contributed by atoms with Gasteiger partial charge in [0, 0.05) is 24.4 Å². The molecule has 2 rings (SSSR count). The minimum atomic E-state index is 0.415. The highest BCUT2D eigenvalue weighted by molar-refractivity contribution is 5.35. The first-order chi connectivity index (χ1) is 8.70. The Morgan fingerprint density at radius 2 is 1.89 bits per heavy atom. The highest BCUT2D eigenvalue weighted by atomic mass is 16.5. The van der Waals surface area contributed by atoms with Gasteiger partial charge in [0.25, 0.3) is 0 Å². The second-order valence-corrected chi connectivity index (χ2v) is 4.58. The van der Waals surface area contributed by atoms with Crippen LogP contribution in [-0.2, 0) is 6.42 Å². The van der Waals surface area contributed by atoms with E-state index in [9.17, 15) is 0 Å². The van der Waals surface area contributed by atoms with Gasteiger partial charge in [0.15, 0.2) is 0 Å². The van der Waals surface area contributed by atoms with Crippen molar-refractivity contribution >= 4 is 0 Å². The highest BCUT2D eigenvalue weighted by Crippen LogP contribution is 2.20. The molecule has 2 aromatic rings. The lowest BCUT2D eigenvalue weighted by Crippen LogP contribution is -1.99. The number of rotatable bonds is 4. The molecule has 0 saturated heterocycles. The van der Waals surface area contributed by atoms with Crippen molar-refractivity contribution in [3.63, 3.8) is 0 Å². The molecule has 0 fully saturated rings. The maximum Gasteiger partial charge on any atom is 0.122 e. The third-order valence-electron chi connectivity index (χ3n) is 2.88. The van der Waals surface area contributed by atoms with Crippen LogP contribution in [0.5, 0.6) is 5.75 Å². The zero-order valence-corrected chi connectivity index (χ0v) is 11.1. The Hall–Kier alpha value is -1.90. The van der Waals surface area contributed by atoms with Gasteiger partial charge in [-0.05, 0) is 12.0 Å². The van der Waals surface area contributed by atoms with E-state index < -0.39 is 0 Å². The van der Waals surface area contributed by atoms with Crippen LogP contribution >= 0.6 is 0 Å². The van der Waals surface area contributed by atoms with Gasteiger partial charge in [0.2, 0.25) is 0 Å². The fourth-order valence-electron chi connectivity index (χ4n) is 1.80. The summed E-state index contributed by atoms with van der Waals surface area (Å²) in [6, 6.07) is 7.99. The summed E-state index contributed by atoms with van der Waals surface area (Å²) in [6.07, 6.45) is 4.45. The molecule has 0 radical (unpaired) electrons. The van der Waals surface area contributed by atoms with E-state index in [1.165, 1.54) is 0 Å². The van der Waals surface area contributed by atoms with Gasteiger partial charge in [0.05, 0.1) is 18.5 Å². The van der Waals surface area contributed by atoms with Gasteiger partial charge in [-0.15, -0.1) is 0 Å². The number of para-hydroxylation sites is 1. The number of aromatic nitrogens is 2. The second-order valence-electron chi connectivity index (χ2n) is 4.58. The topological polar surface area (TPSA) is 35.0 Å². The Balaban J connectivity index is 2.18. The van der Waals surface area contributed by atoms with Gasteiger partial charge in [-0.1, -0.05) is 32.0 Å². The fraction of sp³-hybridized carbons (Fsp3) is 0.333. The predicted molar refractivity (Wildman–Crippen MR) is 71.9 cm³/mol. The van der Waals surface area contributed by atoms with Crippen LogP contribution in [0, 0.1) is 0 Å². The van der Waals surface area contributed by atoms with Gasteiger partial charge in [-0.2, -0.15) is 0 Å². The van der Waals surface area contributed by atoms with Crippen molar-refractivity contribution in [2.24, 2.45) is 0 Å². The maximum absolute atomic E-state index is 5.33. The molecule has 0 unspecified atom stereocenters. The molecule has 0 atom stereocenters. The fourth-order valence-corrected chi connectivity index (χ4v) is 1.80. The Labute approximate surface area is 108 Å². The summed E-state index contributed by atoms with van der Waals surface area (Å²) in [5.41, 5.74) is 3.12. The molecule has 3 heteroatoms. The number of nitrogens with zero attached hydrogens (tertiary/aromatic N) is 2. The number of ether oxygens (including phenoxy) is 1. The van der Waals surface area contributed by atoms with Gasteiger partial charge in [0.1, 0.15) is 5.75 Å². The van der Waals surface area contributed by atoms with Gasteiger partial charge in [-0.3, -0.25) is 9.97 Å². The zero-order chi connectivity index (χ0) is 13.0. The van der Waals surface area contributed by atoms with Gasteiger partial charge < -0.3 is 4.74 Å². The summed E-state index contributed by atoms with van der Waals surface area (Å²) in [4.78, 5) is 8.88. The molecule has 0 saturated carbocycles. The van der Waals surface area contributed by atoms with Crippen LogP contribution in [0.1, 0.15) is 36.7 Å². The van der Waals surface area contributed by atoms with E-state index in [2.05, 4.69) is 29.9 Å². The lowest BCUT2D eigenvalue weighted by molar-refractivity contribution is 0.410. The van der Waals surface area contributed by atoms with Crippen molar-refractivity contribution in [1.82, 2.24) is 9.97 Å². The smallest absolute Gasteiger partial charge is 0.122 e. The monoisotopic (exact) mass is 242 g/mol. The van der Waals surface area contributed by atoms with Crippen molar-refractivity contribution in [2.45, 2.75) is 26.2 Å². The minimum absolute atomic E-state index is 0.415. The van der Waals surface area contributed by atoms with Gasteiger partial charge >= 0.3 is 0 Å². The minimum Gasteiger partial charge on any atom is -0.496 e. The van der Waals surface area contributed by atoms with Crippen LogP contribution in [0.3, 0.4) is 0 Å². The molecule has 0 aliphatic rings. The van der Waals surface area contributed by atoms with E-state index in [0.29, 0.717) is 5.92 Å². The summed E-state index contributed by atoms with van der Waals surface area (Å²) in [7, 11) is 1.69. The summed E-state index contributed by atoms with van der Waals surface area (Å²) in [5.74, 6) is 1.31. The van der Waals surface area contributed by atoms with Crippen molar-refractivity contribution in [2.75, 3.05) is 7.11 Å². The Morgan fingerprint density at radius 3 is 2.50 bits per heavy atom. The van der Waals surface area contributed by atoms with E-state index in [0.717, 1.165) is 29.1 Å². The van der Waals surface area contributed by atoms with Crippen LogP contribution in [0.4, 0.5) is 0 Å². The molecule has 3 nitrogen and oxygen atoms in total. The number of benzene rings is 1. The molecule has 0 aliphatic heterocycles. The van der Waals surface area contributed by atoms with Crippen molar-refractivity contribution < 1.29 is 4.74 Å². The number of hydrogen-bond acceptors (Lipinski definition) is 3. The van der Waals surface area contributed by atoms with Crippen LogP contribution in [-0.4, -0.2) is 17.1 Å². The summed E-state index contributed by atoms with van der Waals surface area (Å²) in [5, 5.41) is 0. The molecule has 1 aromatic heterocycles. The van der Waals surface area contributed by atoms with E-state index in [4.69, 9.17) is 4.74 Å². The molecule has 94 valence electrons. The first kappa shape index (κ1) is 12.6. The van der Waals surface area contributed by atoms with Crippen molar-refractivity contribution in [3.05, 3.63) is 53.6 Å². The molecular formula is C15H18N2O. The quantitative estimate of drug-likeness (QED) is 0.825. The third kappa shape index (κ3) is 2.86. The molecule has 18 heavy (non-hydrogen) atoms. The normalized spacial score (nSPS) is 10.7. The lowest BCUT2D eigenvalue weighted by atomic mass is 10.1. The number of hydrogen-bond donors (Lipinski definition) is 0. The van der Waals surface area contributed by atoms with Crippen LogP contribution in [0.25, 0.3) is 0 Å². The SMILES string of the molecule is COc1ccccc1Cc1cnc(C(C)C)cn1. The predicted octanol–water partition coefficient (Wildman–Crippen LogP) is 3.20. The molecule has 0 bridgehead atoms. The molecule has 0 aliphatic carbocycles. The molecular weight excluding hydrogens is 224 g/mol. The summed E-state index contributed by atoms with van der Waals surface area (Å²) >= 11 is 0. The first-order valence-electron chi connectivity index (χ1n) is 6.13. The Kier molecular flexibility index (Phi) is 3.92. The van der Waals surface area contributed by atoms with Crippen molar-refractivity contribution in [1.29, 1.82) is 0 Å². The molecule has 1 aromatic carbocycles. The standard InChI is InChI=1S/C15H18N2O/c1-11(2)14-10-16-13(9-17-14)8-12-6-4-5-7-15(12)18-3/h4-7,9-11H,8H2,1-3H3. The molecule has 0 amide bonds. The largest absolute Gasteiger partial charge is 0.496 e. The second kappa shape index (κ2) is 5.63. The van der Waals surface area contributed by atoms with Gasteiger partial charge in [-0.25, -0.2) is 0 Å². The molecule has 0 spiro atoms. The van der Waals surface area contributed by atoms with E-state index in [1.54, 1.807) is 7.11 Å². The maximum atomic E-state index is 5.33. The highest BCUT2D eigenvalue weighted by Gasteiger charge is 2.06. The average Bonchev–Trinajstić information content (AvgIpc) is 2.40. The Bertz CT molecular complexity index is 506. The molecule has 0 N–H and O–H groups in total. The van der Waals surface area contributed by atoms with Crippen LogP contribution in [0.2, 0.25) is 0 Å². The van der Waals surface area contributed by atoms with E-state index in [-0.39, 0.29) is 0 Å². The van der Waals surface area contributed by atoms with E-state index in [1.807, 2.05) is 30.6 Å². The first-order valence-corrected chi connectivity index (χ1v) is 6.13. The Morgan fingerprint density at radius 1 is 1.11 bits per heavy atom. The van der Waals surface area contributed by atoms with Crippen LogP contribution < -0.4 is 4.74 Å². The third-order valence-corrected chi connectivity index (χ3v) is 2.88. The summed E-state index contributed by atoms with van der Waals surface area (Å²) < 4.78 is 5.33. The van der Waals surface area contributed by atoms with E-state index >= 15 is 0 Å². The zero-order valence-electron chi connectivity index (χ0n) is 11.1. The lowest BCUT2D eigenvalue weighted by Gasteiger charge is -2.08.